The number of hydrogen-bond donors (Lipinski definition) is 1. The highest BCUT2D eigenvalue weighted by Crippen LogP contribution is 2.23. The van der Waals surface area contributed by atoms with Crippen LogP contribution in [0.2, 0.25) is 0 Å². The Morgan fingerprint density at radius 3 is 2.47 bits per heavy atom. The summed E-state index contributed by atoms with van der Waals surface area (Å²) in [6, 6.07) is -0.217. The molecule has 1 saturated heterocycles. The lowest BCUT2D eigenvalue weighted by atomic mass is 9.97. The van der Waals surface area contributed by atoms with E-state index in [1.807, 2.05) is 25.7 Å². The van der Waals surface area contributed by atoms with Gasteiger partial charge in [-0.05, 0) is 40.2 Å². The lowest BCUT2D eigenvalue weighted by molar-refractivity contribution is -0.143. The van der Waals surface area contributed by atoms with Gasteiger partial charge in [0, 0.05) is 19.1 Å². The van der Waals surface area contributed by atoms with Gasteiger partial charge in [0.2, 0.25) is 5.91 Å². The third-order valence-electron chi connectivity index (χ3n) is 4.01. The predicted molar refractivity (Wildman–Crippen MR) is 74.0 cm³/mol. The summed E-state index contributed by atoms with van der Waals surface area (Å²) in [6.07, 6.45) is 3.12. The zero-order valence-corrected chi connectivity index (χ0v) is 12.3. The van der Waals surface area contributed by atoms with Crippen LogP contribution >= 0.6 is 0 Å². The monoisotopic (exact) mass is 270 g/mol. The number of hydrogen-bond acceptors (Lipinski definition) is 3. The molecule has 1 heterocycles. The van der Waals surface area contributed by atoms with E-state index in [1.54, 1.807) is 0 Å². The van der Waals surface area contributed by atoms with Crippen LogP contribution in [-0.4, -0.2) is 58.5 Å². The molecule has 5 heteroatoms. The molecule has 110 valence electrons. The second kappa shape index (κ2) is 7.48. The minimum absolute atomic E-state index is 0.000706. The summed E-state index contributed by atoms with van der Waals surface area (Å²) in [5, 5.41) is 8.98. The summed E-state index contributed by atoms with van der Waals surface area (Å²) >= 11 is 0. The number of nitrogens with zero attached hydrogens (tertiary/aromatic N) is 2. The SMILES string of the molecule is CCN(CC)C(=O)C(C)N1CCCCC1CC(=O)O. The van der Waals surface area contributed by atoms with E-state index < -0.39 is 5.97 Å². The topological polar surface area (TPSA) is 60.9 Å². The molecule has 1 aliphatic heterocycles. The van der Waals surface area contributed by atoms with Crippen molar-refractivity contribution >= 4 is 11.9 Å². The number of carbonyl (C=O) groups excluding carboxylic acids is 1. The Morgan fingerprint density at radius 1 is 1.32 bits per heavy atom. The van der Waals surface area contributed by atoms with E-state index >= 15 is 0 Å². The molecule has 1 aliphatic rings. The summed E-state index contributed by atoms with van der Waals surface area (Å²) in [5.74, 6) is -0.665. The Balaban J connectivity index is 2.73. The summed E-state index contributed by atoms with van der Waals surface area (Å²) in [5.41, 5.74) is 0. The minimum atomic E-state index is -0.778. The highest BCUT2D eigenvalue weighted by atomic mass is 16.4. The molecular formula is C14H26N2O3. The van der Waals surface area contributed by atoms with Crippen LogP contribution in [0.15, 0.2) is 0 Å². The molecule has 0 aromatic carbocycles. The maximum atomic E-state index is 12.4. The molecule has 1 N–H and O–H groups in total. The fourth-order valence-corrected chi connectivity index (χ4v) is 2.89. The van der Waals surface area contributed by atoms with E-state index in [1.165, 1.54) is 0 Å². The zero-order valence-electron chi connectivity index (χ0n) is 12.3. The minimum Gasteiger partial charge on any atom is -0.481 e. The van der Waals surface area contributed by atoms with E-state index in [-0.39, 0.29) is 24.4 Å². The average Bonchev–Trinajstić information content (AvgIpc) is 2.39. The van der Waals surface area contributed by atoms with E-state index in [0.29, 0.717) is 13.1 Å². The van der Waals surface area contributed by atoms with E-state index in [0.717, 1.165) is 25.8 Å². The number of carbonyl (C=O) groups is 2. The van der Waals surface area contributed by atoms with Crippen LogP contribution in [-0.2, 0) is 9.59 Å². The number of likely N-dealkylation sites (N-methyl/N-ethyl adjacent to an activating group) is 1. The van der Waals surface area contributed by atoms with Crippen LogP contribution in [0, 0.1) is 0 Å². The van der Waals surface area contributed by atoms with Crippen LogP contribution in [0.5, 0.6) is 0 Å². The molecule has 0 aliphatic carbocycles. The number of carboxylic acid groups (broad SMARTS) is 1. The first-order valence-corrected chi connectivity index (χ1v) is 7.27. The number of piperidine rings is 1. The van der Waals surface area contributed by atoms with Gasteiger partial charge in [0.1, 0.15) is 0 Å². The molecule has 0 aromatic heterocycles. The number of carboxylic acids is 1. The maximum absolute atomic E-state index is 12.4. The first kappa shape index (κ1) is 16.0. The van der Waals surface area contributed by atoms with E-state index in [2.05, 4.69) is 4.90 Å². The Bertz CT molecular complexity index is 316. The Kier molecular flexibility index (Phi) is 6.28. The van der Waals surface area contributed by atoms with Crippen LogP contribution in [0.3, 0.4) is 0 Å². The van der Waals surface area contributed by atoms with Gasteiger partial charge in [0.05, 0.1) is 12.5 Å². The molecule has 5 nitrogen and oxygen atoms in total. The second-order valence-corrected chi connectivity index (χ2v) is 5.17. The first-order chi connectivity index (χ1) is 9.01. The number of aliphatic carboxylic acids is 1. The van der Waals surface area contributed by atoms with Gasteiger partial charge in [-0.3, -0.25) is 14.5 Å². The van der Waals surface area contributed by atoms with Crippen molar-refractivity contribution in [3.63, 3.8) is 0 Å². The van der Waals surface area contributed by atoms with Gasteiger partial charge in [-0.15, -0.1) is 0 Å². The van der Waals surface area contributed by atoms with Gasteiger partial charge in [0.25, 0.3) is 0 Å². The Labute approximate surface area is 115 Å². The molecule has 0 aromatic rings. The smallest absolute Gasteiger partial charge is 0.304 e. The quantitative estimate of drug-likeness (QED) is 0.796. The maximum Gasteiger partial charge on any atom is 0.304 e. The van der Waals surface area contributed by atoms with Gasteiger partial charge in [-0.25, -0.2) is 0 Å². The van der Waals surface area contributed by atoms with Crippen molar-refractivity contribution in [2.45, 2.75) is 58.5 Å². The highest BCUT2D eigenvalue weighted by Gasteiger charge is 2.32. The van der Waals surface area contributed by atoms with Gasteiger partial charge < -0.3 is 10.0 Å². The van der Waals surface area contributed by atoms with Crippen molar-refractivity contribution in [1.29, 1.82) is 0 Å². The molecule has 1 rings (SSSR count). The molecule has 0 bridgehead atoms. The molecule has 19 heavy (non-hydrogen) atoms. The molecule has 2 unspecified atom stereocenters. The predicted octanol–water partition coefficient (Wildman–Crippen LogP) is 1.57. The normalized spacial score (nSPS) is 21.9. The Hall–Kier alpha value is -1.10. The second-order valence-electron chi connectivity index (χ2n) is 5.17. The standard InChI is InChI=1S/C14H26N2O3/c1-4-15(5-2)14(19)11(3)16-9-7-6-8-12(16)10-13(17)18/h11-12H,4-10H2,1-3H3,(H,17,18). The van der Waals surface area contributed by atoms with Crippen molar-refractivity contribution in [3.05, 3.63) is 0 Å². The molecule has 0 radical (unpaired) electrons. The number of likely N-dealkylation sites (tertiary alicyclic amines) is 1. The number of rotatable bonds is 6. The molecule has 1 fully saturated rings. The van der Waals surface area contributed by atoms with Gasteiger partial charge in [0.15, 0.2) is 0 Å². The first-order valence-electron chi connectivity index (χ1n) is 7.27. The molecular weight excluding hydrogens is 244 g/mol. The van der Waals surface area contributed by atoms with Gasteiger partial charge in [-0.1, -0.05) is 6.42 Å². The van der Waals surface area contributed by atoms with Crippen LogP contribution < -0.4 is 0 Å². The van der Waals surface area contributed by atoms with Crippen molar-refractivity contribution in [3.8, 4) is 0 Å². The molecule has 1 amide bonds. The van der Waals surface area contributed by atoms with Crippen LogP contribution in [0.1, 0.15) is 46.5 Å². The third kappa shape index (κ3) is 4.20. The fourth-order valence-electron chi connectivity index (χ4n) is 2.89. The summed E-state index contributed by atoms with van der Waals surface area (Å²) in [7, 11) is 0. The zero-order chi connectivity index (χ0) is 14.4. The van der Waals surface area contributed by atoms with Gasteiger partial charge in [-0.2, -0.15) is 0 Å². The molecule has 0 saturated carbocycles. The van der Waals surface area contributed by atoms with Crippen molar-refractivity contribution < 1.29 is 14.7 Å². The highest BCUT2D eigenvalue weighted by molar-refractivity contribution is 5.81. The lowest BCUT2D eigenvalue weighted by Gasteiger charge is -2.40. The van der Waals surface area contributed by atoms with Crippen LogP contribution in [0.4, 0.5) is 0 Å². The summed E-state index contributed by atoms with van der Waals surface area (Å²) in [6.45, 7) is 8.08. The van der Waals surface area contributed by atoms with Crippen molar-refractivity contribution in [1.82, 2.24) is 9.80 Å². The Morgan fingerprint density at radius 2 is 1.95 bits per heavy atom. The largest absolute Gasteiger partial charge is 0.481 e. The molecule has 0 spiro atoms. The van der Waals surface area contributed by atoms with Crippen molar-refractivity contribution in [2.75, 3.05) is 19.6 Å². The third-order valence-corrected chi connectivity index (χ3v) is 4.01. The van der Waals surface area contributed by atoms with E-state index in [9.17, 15) is 9.59 Å². The average molecular weight is 270 g/mol. The summed E-state index contributed by atoms with van der Waals surface area (Å²) in [4.78, 5) is 27.2. The van der Waals surface area contributed by atoms with Gasteiger partial charge >= 0.3 is 5.97 Å². The fraction of sp³-hybridized carbons (Fsp3) is 0.857. The molecule has 2 atom stereocenters. The van der Waals surface area contributed by atoms with Crippen LogP contribution in [0.25, 0.3) is 0 Å². The lowest BCUT2D eigenvalue weighted by Crippen LogP contribution is -2.53. The van der Waals surface area contributed by atoms with E-state index in [4.69, 9.17) is 5.11 Å². The summed E-state index contributed by atoms with van der Waals surface area (Å²) < 4.78 is 0. The van der Waals surface area contributed by atoms with Crippen molar-refractivity contribution in [2.24, 2.45) is 0 Å². The number of amides is 1.